The first-order chi connectivity index (χ1) is 9.01. The van der Waals surface area contributed by atoms with Gasteiger partial charge in [-0.1, -0.05) is 15.9 Å². The van der Waals surface area contributed by atoms with E-state index in [4.69, 9.17) is 16.3 Å². The Hall–Kier alpha value is -0.650. The lowest BCUT2D eigenvalue weighted by Gasteiger charge is -2.36. The highest BCUT2D eigenvalue weighted by Crippen LogP contribution is 2.20. The first-order valence-corrected chi connectivity index (χ1v) is 7.29. The molecule has 0 aliphatic carbocycles. The number of amides is 1. The second-order valence-electron chi connectivity index (χ2n) is 4.56. The molecule has 6 heteroatoms. The molecule has 1 heterocycles. The highest BCUT2D eigenvalue weighted by molar-refractivity contribution is 9.10. The molecule has 1 amide bonds. The van der Waals surface area contributed by atoms with Crippen molar-refractivity contribution in [2.24, 2.45) is 0 Å². The Morgan fingerprint density at radius 2 is 2.32 bits per heavy atom. The van der Waals surface area contributed by atoms with Gasteiger partial charge in [-0.05, 0) is 25.1 Å². The van der Waals surface area contributed by atoms with Gasteiger partial charge in [-0.2, -0.15) is 0 Å². The predicted molar refractivity (Wildman–Crippen MR) is 75.1 cm³/mol. The van der Waals surface area contributed by atoms with Crippen LogP contribution in [-0.2, 0) is 4.74 Å². The lowest BCUT2D eigenvalue weighted by Crippen LogP contribution is -2.50. The van der Waals surface area contributed by atoms with E-state index in [0.717, 1.165) is 0 Å². The fourth-order valence-electron chi connectivity index (χ4n) is 2.13. The molecular formula is C13H14BrClFNO2. The summed E-state index contributed by atoms with van der Waals surface area (Å²) in [4.78, 5) is 13.9. The first-order valence-electron chi connectivity index (χ1n) is 5.97. The summed E-state index contributed by atoms with van der Waals surface area (Å²) >= 11 is 8.94. The van der Waals surface area contributed by atoms with Crippen LogP contribution in [0.5, 0.6) is 0 Å². The van der Waals surface area contributed by atoms with Gasteiger partial charge in [0.25, 0.3) is 5.91 Å². The van der Waals surface area contributed by atoms with Crippen molar-refractivity contribution in [3.8, 4) is 0 Å². The molecule has 1 aliphatic heterocycles. The molecule has 0 aromatic heterocycles. The van der Waals surface area contributed by atoms with E-state index in [0.29, 0.717) is 23.4 Å². The van der Waals surface area contributed by atoms with Crippen molar-refractivity contribution in [2.45, 2.75) is 19.1 Å². The van der Waals surface area contributed by atoms with Gasteiger partial charge in [0, 0.05) is 17.6 Å². The van der Waals surface area contributed by atoms with Crippen LogP contribution in [0.4, 0.5) is 4.39 Å². The van der Waals surface area contributed by atoms with E-state index >= 15 is 0 Å². The fourth-order valence-corrected chi connectivity index (χ4v) is 2.63. The van der Waals surface area contributed by atoms with Crippen molar-refractivity contribution in [3.63, 3.8) is 0 Å². The Morgan fingerprint density at radius 3 is 2.95 bits per heavy atom. The van der Waals surface area contributed by atoms with Crippen LogP contribution >= 0.6 is 27.5 Å². The zero-order valence-electron chi connectivity index (χ0n) is 10.4. The number of hydrogen-bond donors (Lipinski definition) is 0. The third-order valence-corrected chi connectivity index (χ3v) is 3.78. The summed E-state index contributed by atoms with van der Waals surface area (Å²) in [5.41, 5.74) is 0.0747. The topological polar surface area (TPSA) is 29.5 Å². The van der Waals surface area contributed by atoms with Gasteiger partial charge < -0.3 is 9.64 Å². The molecule has 1 saturated heterocycles. The van der Waals surface area contributed by atoms with Crippen LogP contribution in [0, 0.1) is 5.82 Å². The molecule has 2 unspecified atom stereocenters. The van der Waals surface area contributed by atoms with E-state index in [1.807, 2.05) is 6.92 Å². The van der Waals surface area contributed by atoms with Crippen LogP contribution in [0.25, 0.3) is 0 Å². The van der Waals surface area contributed by atoms with Crippen LogP contribution in [0.1, 0.15) is 17.3 Å². The summed E-state index contributed by atoms with van der Waals surface area (Å²) in [7, 11) is 0. The van der Waals surface area contributed by atoms with Crippen molar-refractivity contribution in [3.05, 3.63) is 34.1 Å². The minimum absolute atomic E-state index is 0.0747. The quantitative estimate of drug-likeness (QED) is 0.767. The fraction of sp³-hybridized carbons (Fsp3) is 0.462. The molecule has 1 aromatic rings. The zero-order chi connectivity index (χ0) is 14.0. The normalized spacial score (nSPS) is 23.5. The molecule has 104 valence electrons. The molecule has 0 saturated carbocycles. The molecule has 2 rings (SSSR count). The summed E-state index contributed by atoms with van der Waals surface area (Å²) < 4.78 is 20.0. The van der Waals surface area contributed by atoms with Crippen LogP contribution in [0.3, 0.4) is 0 Å². The van der Waals surface area contributed by atoms with E-state index in [1.54, 1.807) is 11.0 Å². The van der Waals surface area contributed by atoms with E-state index in [9.17, 15) is 9.18 Å². The second-order valence-corrected chi connectivity index (χ2v) is 5.78. The number of hydrogen-bond acceptors (Lipinski definition) is 2. The Kier molecular flexibility index (Phi) is 4.81. The average Bonchev–Trinajstić information content (AvgIpc) is 2.37. The van der Waals surface area contributed by atoms with Crippen molar-refractivity contribution in [1.29, 1.82) is 0 Å². The third-order valence-electron chi connectivity index (χ3n) is 2.95. The predicted octanol–water partition coefficient (Wildman–Crippen LogP) is 3.06. The van der Waals surface area contributed by atoms with E-state index < -0.39 is 5.82 Å². The molecule has 0 bridgehead atoms. The number of nitrogens with zero attached hydrogens (tertiary/aromatic N) is 1. The standard InChI is InChI=1S/C13H14BrClFNO2/c1-8-6-17(7-10(5-15)19-8)13(18)11-3-2-9(14)4-12(11)16/h2-4,8,10H,5-7H2,1H3. The number of rotatable bonds is 2. The Balaban J connectivity index is 2.18. The molecule has 2 atom stereocenters. The van der Waals surface area contributed by atoms with Crippen LogP contribution in [0.15, 0.2) is 22.7 Å². The number of carbonyl (C=O) groups is 1. The van der Waals surface area contributed by atoms with Crippen molar-refractivity contribution in [1.82, 2.24) is 4.90 Å². The Bertz CT molecular complexity index is 486. The van der Waals surface area contributed by atoms with Gasteiger partial charge in [0.15, 0.2) is 0 Å². The second kappa shape index (κ2) is 6.20. The molecule has 0 N–H and O–H groups in total. The molecule has 19 heavy (non-hydrogen) atoms. The van der Waals surface area contributed by atoms with Gasteiger partial charge in [0.1, 0.15) is 5.82 Å². The largest absolute Gasteiger partial charge is 0.370 e. The number of benzene rings is 1. The lowest BCUT2D eigenvalue weighted by atomic mass is 10.1. The number of carbonyl (C=O) groups excluding carboxylic acids is 1. The highest BCUT2D eigenvalue weighted by atomic mass is 79.9. The smallest absolute Gasteiger partial charge is 0.257 e. The van der Waals surface area contributed by atoms with Crippen molar-refractivity contribution in [2.75, 3.05) is 19.0 Å². The number of halogens is 3. The van der Waals surface area contributed by atoms with E-state index in [1.165, 1.54) is 12.1 Å². The summed E-state index contributed by atoms with van der Waals surface area (Å²) in [6.07, 6.45) is -0.298. The minimum Gasteiger partial charge on any atom is -0.370 e. The monoisotopic (exact) mass is 349 g/mol. The van der Waals surface area contributed by atoms with Gasteiger partial charge >= 0.3 is 0 Å². The van der Waals surface area contributed by atoms with Crippen molar-refractivity contribution >= 4 is 33.4 Å². The highest BCUT2D eigenvalue weighted by Gasteiger charge is 2.29. The van der Waals surface area contributed by atoms with E-state index in [2.05, 4.69) is 15.9 Å². The zero-order valence-corrected chi connectivity index (χ0v) is 12.7. The van der Waals surface area contributed by atoms with Crippen LogP contribution in [0.2, 0.25) is 0 Å². The summed E-state index contributed by atoms with van der Waals surface area (Å²) in [6, 6.07) is 4.42. The molecule has 1 aliphatic rings. The summed E-state index contributed by atoms with van der Waals surface area (Å²) in [5, 5.41) is 0. The molecule has 0 radical (unpaired) electrons. The maximum atomic E-state index is 13.8. The van der Waals surface area contributed by atoms with Gasteiger partial charge in [-0.15, -0.1) is 11.6 Å². The number of alkyl halides is 1. The van der Waals surface area contributed by atoms with Gasteiger partial charge in [-0.3, -0.25) is 4.79 Å². The SMILES string of the molecule is CC1CN(C(=O)c2ccc(Br)cc2F)CC(CCl)O1. The number of ether oxygens (including phenoxy) is 1. The summed E-state index contributed by atoms with van der Waals surface area (Å²) in [5.74, 6) is -0.534. The lowest BCUT2D eigenvalue weighted by molar-refractivity contribution is -0.0571. The summed E-state index contributed by atoms with van der Waals surface area (Å²) in [6.45, 7) is 2.71. The van der Waals surface area contributed by atoms with Gasteiger partial charge in [0.05, 0.1) is 23.7 Å². The first kappa shape index (κ1) is 14.8. The molecular weight excluding hydrogens is 337 g/mol. The molecule has 0 spiro atoms. The van der Waals surface area contributed by atoms with Crippen LogP contribution < -0.4 is 0 Å². The number of morpholine rings is 1. The third kappa shape index (κ3) is 3.46. The van der Waals surface area contributed by atoms with Gasteiger partial charge in [-0.25, -0.2) is 4.39 Å². The molecule has 3 nitrogen and oxygen atoms in total. The maximum absolute atomic E-state index is 13.8. The Labute approximate surface area is 124 Å². The molecule has 1 fully saturated rings. The van der Waals surface area contributed by atoms with E-state index in [-0.39, 0.29) is 23.7 Å². The van der Waals surface area contributed by atoms with Crippen LogP contribution in [-0.4, -0.2) is 42.0 Å². The Morgan fingerprint density at radius 1 is 1.58 bits per heavy atom. The molecule has 1 aromatic carbocycles. The maximum Gasteiger partial charge on any atom is 0.257 e. The minimum atomic E-state index is -0.527. The van der Waals surface area contributed by atoms with Crippen molar-refractivity contribution < 1.29 is 13.9 Å². The van der Waals surface area contributed by atoms with Gasteiger partial charge in [0.2, 0.25) is 0 Å². The average molecular weight is 351 g/mol.